The molecule has 26 heavy (non-hydrogen) atoms. The predicted molar refractivity (Wildman–Crippen MR) is 86.1 cm³/mol. The van der Waals surface area contributed by atoms with E-state index in [1.807, 2.05) is 0 Å². The smallest absolute Gasteiger partial charge is 0.392 e. The van der Waals surface area contributed by atoms with Gasteiger partial charge in [-0.25, -0.2) is 0 Å². The number of carbonyl (C=O) groups excluding carboxylic acids is 2. The molecule has 1 N–H and O–H groups in total. The Bertz CT molecular complexity index is 545. The van der Waals surface area contributed by atoms with Crippen LogP contribution < -0.4 is 0 Å². The van der Waals surface area contributed by atoms with Crippen molar-refractivity contribution in [3.8, 4) is 0 Å². The molecule has 1 heterocycles. The number of carboxylic acids is 1. The van der Waals surface area contributed by atoms with Crippen molar-refractivity contribution < 1.29 is 32.7 Å². The van der Waals surface area contributed by atoms with Gasteiger partial charge in [0.15, 0.2) is 0 Å². The minimum absolute atomic E-state index is 0.0512. The van der Waals surface area contributed by atoms with Gasteiger partial charge in [-0.1, -0.05) is 12.8 Å². The number of rotatable bonds is 4. The lowest BCUT2D eigenvalue weighted by Gasteiger charge is -2.35. The van der Waals surface area contributed by atoms with Crippen molar-refractivity contribution in [1.82, 2.24) is 9.80 Å². The van der Waals surface area contributed by atoms with Crippen molar-refractivity contribution in [2.45, 2.75) is 44.7 Å². The number of carboxylic acid groups (broad SMARTS) is 1. The normalized spacial score (nSPS) is 25.0. The highest BCUT2D eigenvalue weighted by Crippen LogP contribution is 2.42. The Morgan fingerprint density at radius 1 is 1.08 bits per heavy atom. The summed E-state index contributed by atoms with van der Waals surface area (Å²) in [5.74, 6) is -5.13. The topological polar surface area (TPSA) is 77.9 Å². The minimum Gasteiger partial charge on any atom is -0.481 e. The molecule has 0 spiro atoms. The van der Waals surface area contributed by atoms with Gasteiger partial charge in [0.25, 0.3) is 0 Å². The molecule has 1 saturated carbocycles. The van der Waals surface area contributed by atoms with E-state index in [0.29, 0.717) is 25.7 Å². The number of halogens is 3. The molecule has 2 atom stereocenters. The molecular formula is C17H25F3N2O4. The second-order valence-corrected chi connectivity index (χ2v) is 7.23. The summed E-state index contributed by atoms with van der Waals surface area (Å²) in [4.78, 5) is 38.3. The molecule has 0 aromatic rings. The average Bonchev–Trinajstić information content (AvgIpc) is 2.60. The number of aliphatic carboxylic acids is 1. The molecule has 0 bridgehead atoms. The lowest BCUT2D eigenvalue weighted by Crippen LogP contribution is -2.48. The summed E-state index contributed by atoms with van der Waals surface area (Å²) >= 11 is 0. The molecule has 6 nitrogen and oxygen atoms in total. The SMILES string of the molecule is CN(CC(=O)N1CCC(C(=O)O)CC1)C(=O)C1CCCCC1C(F)(F)F. The van der Waals surface area contributed by atoms with Crippen LogP contribution in [0.3, 0.4) is 0 Å². The lowest BCUT2D eigenvalue weighted by atomic mass is 9.78. The van der Waals surface area contributed by atoms with E-state index in [2.05, 4.69) is 0 Å². The number of amides is 2. The van der Waals surface area contributed by atoms with Crippen LogP contribution in [0.2, 0.25) is 0 Å². The first-order valence-electron chi connectivity index (χ1n) is 8.93. The molecular weight excluding hydrogens is 353 g/mol. The molecule has 1 saturated heterocycles. The zero-order valence-electron chi connectivity index (χ0n) is 14.8. The van der Waals surface area contributed by atoms with Gasteiger partial charge < -0.3 is 14.9 Å². The molecule has 2 rings (SSSR count). The number of likely N-dealkylation sites (N-methyl/N-ethyl adjacent to an activating group) is 1. The van der Waals surface area contributed by atoms with E-state index in [4.69, 9.17) is 5.11 Å². The third-order valence-corrected chi connectivity index (χ3v) is 5.45. The molecule has 9 heteroatoms. The van der Waals surface area contributed by atoms with Gasteiger partial charge in [0, 0.05) is 26.1 Å². The summed E-state index contributed by atoms with van der Waals surface area (Å²) in [5, 5.41) is 8.97. The van der Waals surface area contributed by atoms with Crippen LogP contribution in [0.15, 0.2) is 0 Å². The monoisotopic (exact) mass is 378 g/mol. The molecule has 2 amide bonds. The quantitative estimate of drug-likeness (QED) is 0.813. The number of likely N-dealkylation sites (tertiary alicyclic amines) is 1. The molecule has 2 fully saturated rings. The van der Waals surface area contributed by atoms with Crippen molar-refractivity contribution >= 4 is 17.8 Å². The second kappa shape index (κ2) is 8.26. The number of nitrogens with zero attached hydrogens (tertiary/aromatic N) is 2. The molecule has 0 radical (unpaired) electrons. The molecule has 1 aliphatic carbocycles. The summed E-state index contributed by atoms with van der Waals surface area (Å²) in [6.07, 6.45) is -2.56. The summed E-state index contributed by atoms with van der Waals surface area (Å²) in [6.45, 7) is 0.288. The first kappa shape index (κ1) is 20.5. The molecule has 1 aliphatic heterocycles. The number of carbonyl (C=O) groups is 3. The highest BCUT2D eigenvalue weighted by atomic mass is 19.4. The van der Waals surface area contributed by atoms with Crippen molar-refractivity contribution in [3.05, 3.63) is 0 Å². The minimum atomic E-state index is -4.41. The maximum atomic E-state index is 13.2. The van der Waals surface area contributed by atoms with Crippen LogP contribution >= 0.6 is 0 Å². The van der Waals surface area contributed by atoms with E-state index in [1.165, 1.54) is 11.9 Å². The zero-order chi connectivity index (χ0) is 19.5. The predicted octanol–water partition coefficient (Wildman–Crippen LogP) is 2.14. The van der Waals surface area contributed by atoms with Crippen LogP contribution in [0, 0.1) is 17.8 Å². The molecule has 0 aromatic heterocycles. The van der Waals surface area contributed by atoms with E-state index < -0.39 is 35.8 Å². The van der Waals surface area contributed by atoms with E-state index in [-0.39, 0.29) is 38.4 Å². The van der Waals surface area contributed by atoms with Crippen molar-refractivity contribution in [1.29, 1.82) is 0 Å². The summed E-state index contributed by atoms with van der Waals surface area (Å²) in [5.41, 5.74) is 0. The van der Waals surface area contributed by atoms with E-state index in [9.17, 15) is 27.6 Å². The molecule has 2 aliphatic rings. The number of alkyl halides is 3. The maximum absolute atomic E-state index is 13.2. The van der Waals surface area contributed by atoms with Crippen LogP contribution in [0.5, 0.6) is 0 Å². The lowest BCUT2D eigenvalue weighted by molar-refractivity contribution is -0.200. The Labute approximate surface area is 150 Å². The maximum Gasteiger partial charge on any atom is 0.392 e. The summed E-state index contributed by atoms with van der Waals surface area (Å²) in [7, 11) is 1.35. The fourth-order valence-corrected chi connectivity index (χ4v) is 3.86. The fraction of sp³-hybridized carbons (Fsp3) is 0.824. The van der Waals surface area contributed by atoms with Gasteiger partial charge in [-0.2, -0.15) is 13.2 Å². The van der Waals surface area contributed by atoms with Crippen LogP contribution in [-0.2, 0) is 14.4 Å². The Hall–Kier alpha value is -1.80. The summed E-state index contributed by atoms with van der Waals surface area (Å²) < 4.78 is 39.5. The largest absolute Gasteiger partial charge is 0.481 e. The highest BCUT2D eigenvalue weighted by Gasteiger charge is 2.48. The highest BCUT2D eigenvalue weighted by molar-refractivity contribution is 5.86. The van der Waals surface area contributed by atoms with Crippen molar-refractivity contribution in [2.75, 3.05) is 26.7 Å². The average molecular weight is 378 g/mol. The Morgan fingerprint density at radius 2 is 1.65 bits per heavy atom. The first-order valence-corrected chi connectivity index (χ1v) is 8.93. The summed E-state index contributed by atoms with van der Waals surface area (Å²) in [6, 6.07) is 0. The fourth-order valence-electron chi connectivity index (χ4n) is 3.86. The van der Waals surface area contributed by atoms with Crippen LogP contribution in [0.1, 0.15) is 38.5 Å². The third kappa shape index (κ3) is 4.88. The van der Waals surface area contributed by atoms with Gasteiger partial charge in [0.05, 0.1) is 18.4 Å². The number of hydrogen-bond acceptors (Lipinski definition) is 3. The van der Waals surface area contributed by atoms with E-state index in [0.717, 1.165) is 4.90 Å². The van der Waals surface area contributed by atoms with Gasteiger partial charge in [-0.15, -0.1) is 0 Å². The standard InChI is InChI=1S/C17H25F3N2O4/c1-21(10-14(23)22-8-6-11(7-9-22)16(25)26)15(24)12-4-2-3-5-13(12)17(18,19)20/h11-13H,2-10H2,1H3,(H,25,26). The van der Waals surface area contributed by atoms with Gasteiger partial charge in [0.2, 0.25) is 11.8 Å². The van der Waals surface area contributed by atoms with E-state index in [1.54, 1.807) is 0 Å². The van der Waals surface area contributed by atoms with Gasteiger partial charge in [-0.05, 0) is 25.7 Å². The molecule has 148 valence electrons. The Kier molecular flexibility index (Phi) is 6.52. The van der Waals surface area contributed by atoms with Gasteiger partial charge in [-0.3, -0.25) is 14.4 Å². The van der Waals surface area contributed by atoms with Gasteiger partial charge >= 0.3 is 12.1 Å². The van der Waals surface area contributed by atoms with Crippen LogP contribution in [0.4, 0.5) is 13.2 Å². The Balaban J connectivity index is 1.92. The van der Waals surface area contributed by atoms with Crippen LogP contribution in [-0.4, -0.2) is 65.5 Å². The zero-order valence-corrected chi connectivity index (χ0v) is 14.8. The van der Waals surface area contributed by atoms with Crippen molar-refractivity contribution in [2.24, 2.45) is 17.8 Å². The molecule has 0 aromatic carbocycles. The van der Waals surface area contributed by atoms with Crippen molar-refractivity contribution in [3.63, 3.8) is 0 Å². The third-order valence-electron chi connectivity index (χ3n) is 5.45. The Morgan fingerprint density at radius 3 is 2.19 bits per heavy atom. The number of piperidine rings is 1. The molecule has 2 unspecified atom stereocenters. The van der Waals surface area contributed by atoms with E-state index >= 15 is 0 Å². The van der Waals surface area contributed by atoms with Gasteiger partial charge in [0.1, 0.15) is 0 Å². The second-order valence-electron chi connectivity index (χ2n) is 7.23. The number of hydrogen-bond donors (Lipinski definition) is 1. The first-order chi connectivity index (χ1) is 12.1. The van der Waals surface area contributed by atoms with Crippen LogP contribution in [0.25, 0.3) is 0 Å².